The molecule has 37 heavy (non-hydrogen) atoms. The van der Waals surface area contributed by atoms with Gasteiger partial charge >= 0.3 is 5.97 Å². The Kier molecular flexibility index (Phi) is 9.73. The summed E-state index contributed by atoms with van der Waals surface area (Å²) in [5.74, 6) is -2.06. The van der Waals surface area contributed by atoms with E-state index in [1.165, 1.54) is 0 Å². The molecule has 1 unspecified atom stereocenters. The van der Waals surface area contributed by atoms with Gasteiger partial charge in [-0.15, -0.1) is 0 Å². The highest BCUT2D eigenvalue weighted by Crippen LogP contribution is 2.21. The van der Waals surface area contributed by atoms with Gasteiger partial charge in [0.15, 0.2) is 5.96 Å². The number of nitrogens with one attached hydrogen (secondary N) is 3. The Morgan fingerprint density at radius 1 is 1.05 bits per heavy atom. The maximum Gasteiger partial charge on any atom is 0.326 e. The molecule has 0 saturated carbocycles. The minimum absolute atomic E-state index is 0.0958. The van der Waals surface area contributed by atoms with Crippen LogP contribution in [0.15, 0.2) is 24.3 Å². The number of carbonyl (C=O) groups excluding carboxylic acids is 2. The van der Waals surface area contributed by atoms with E-state index in [9.17, 15) is 19.5 Å². The fraction of sp³-hybridized carbons (Fsp3) is 0.615. The predicted octanol–water partition coefficient (Wildman–Crippen LogP) is 0.900. The molecule has 204 valence electrons. The van der Waals surface area contributed by atoms with Crippen molar-refractivity contribution in [3.63, 3.8) is 0 Å². The molecule has 1 aromatic carbocycles. The number of hydrogen-bond acceptors (Lipinski definition) is 6. The van der Waals surface area contributed by atoms with Crippen LogP contribution in [-0.2, 0) is 9.59 Å². The Balaban J connectivity index is 1.64. The van der Waals surface area contributed by atoms with E-state index in [2.05, 4.69) is 27.5 Å². The number of nitrogens with two attached hydrogens (primary N) is 1. The molecular formula is C26H41N7O4. The van der Waals surface area contributed by atoms with E-state index in [1.54, 1.807) is 17.0 Å². The number of rotatable bonds is 10. The lowest BCUT2D eigenvalue weighted by atomic mass is 10.0. The summed E-state index contributed by atoms with van der Waals surface area (Å²) >= 11 is 0. The van der Waals surface area contributed by atoms with Gasteiger partial charge in [-0.2, -0.15) is 0 Å². The fourth-order valence-electron chi connectivity index (χ4n) is 5.00. The Morgan fingerprint density at radius 3 is 2.27 bits per heavy atom. The molecule has 1 aromatic rings. The van der Waals surface area contributed by atoms with Crippen LogP contribution < -0.4 is 21.3 Å². The lowest BCUT2D eigenvalue weighted by molar-refractivity contribution is -0.142. The Morgan fingerprint density at radius 2 is 1.70 bits per heavy atom. The minimum atomic E-state index is -1.15. The van der Waals surface area contributed by atoms with Crippen LogP contribution in [0.2, 0.25) is 0 Å². The Labute approximate surface area is 218 Å². The molecule has 0 spiro atoms. The number of carboxylic acids is 1. The van der Waals surface area contributed by atoms with Crippen molar-refractivity contribution in [3.8, 4) is 0 Å². The number of guanidine groups is 1. The van der Waals surface area contributed by atoms with Gasteiger partial charge in [-0.3, -0.25) is 15.0 Å². The number of carboxylic acid groups (broad SMARTS) is 1. The number of amides is 2. The van der Waals surface area contributed by atoms with Crippen LogP contribution in [0, 0.1) is 11.3 Å². The minimum Gasteiger partial charge on any atom is -0.480 e. The van der Waals surface area contributed by atoms with Crippen LogP contribution in [0.25, 0.3) is 0 Å². The predicted molar refractivity (Wildman–Crippen MR) is 143 cm³/mol. The highest BCUT2D eigenvalue weighted by atomic mass is 16.4. The second-order valence-electron chi connectivity index (χ2n) is 10.5. The Hall–Kier alpha value is -3.34. The summed E-state index contributed by atoms with van der Waals surface area (Å²) in [6.45, 7) is 8.30. The number of benzene rings is 1. The third-order valence-corrected chi connectivity index (χ3v) is 7.14. The molecule has 2 saturated heterocycles. The summed E-state index contributed by atoms with van der Waals surface area (Å²) in [4.78, 5) is 44.4. The number of likely N-dealkylation sites (N-methyl/N-ethyl adjacent to an activating group) is 1. The number of likely N-dealkylation sites (tertiary alicyclic amines) is 1. The summed E-state index contributed by atoms with van der Waals surface area (Å²) in [5, 5.41) is 22.9. The molecule has 3 rings (SSSR count). The van der Waals surface area contributed by atoms with Gasteiger partial charge in [0, 0.05) is 50.0 Å². The summed E-state index contributed by atoms with van der Waals surface area (Å²) in [6.07, 6.45) is 2.02. The SMILES string of the molecule is CC(C)C[C@H](NC(=O)c1ccc(N2CCN(C)CC2)cc1)C(=O)N[C@@H](CC1CCCN1C(=N)N)C(=O)O. The van der Waals surface area contributed by atoms with Crippen molar-refractivity contribution in [2.75, 3.05) is 44.7 Å². The summed E-state index contributed by atoms with van der Waals surface area (Å²) < 4.78 is 0. The van der Waals surface area contributed by atoms with Crippen LogP contribution in [0.4, 0.5) is 5.69 Å². The van der Waals surface area contributed by atoms with Gasteiger partial charge in [0.05, 0.1) is 0 Å². The molecule has 0 radical (unpaired) electrons. The first-order valence-electron chi connectivity index (χ1n) is 13.0. The zero-order chi connectivity index (χ0) is 27.1. The van der Waals surface area contributed by atoms with Gasteiger partial charge in [-0.05, 0) is 62.9 Å². The van der Waals surface area contributed by atoms with Crippen LogP contribution in [0.5, 0.6) is 0 Å². The van der Waals surface area contributed by atoms with Crippen LogP contribution >= 0.6 is 0 Å². The molecule has 2 heterocycles. The number of carbonyl (C=O) groups is 3. The molecule has 2 aliphatic heterocycles. The normalized spacial score (nSPS) is 19.9. The number of anilines is 1. The summed E-state index contributed by atoms with van der Waals surface area (Å²) in [7, 11) is 2.10. The highest BCUT2D eigenvalue weighted by molar-refractivity contribution is 5.98. The van der Waals surface area contributed by atoms with E-state index in [-0.39, 0.29) is 30.2 Å². The smallest absolute Gasteiger partial charge is 0.326 e. The molecule has 3 atom stereocenters. The molecule has 6 N–H and O–H groups in total. The first-order valence-corrected chi connectivity index (χ1v) is 13.0. The molecular weight excluding hydrogens is 474 g/mol. The van der Waals surface area contributed by atoms with Crippen molar-refractivity contribution < 1.29 is 19.5 Å². The van der Waals surface area contributed by atoms with E-state index in [4.69, 9.17) is 11.1 Å². The lowest BCUT2D eigenvalue weighted by Crippen LogP contribution is -2.53. The molecule has 0 aliphatic carbocycles. The van der Waals surface area contributed by atoms with Crippen LogP contribution in [-0.4, -0.2) is 96.5 Å². The van der Waals surface area contributed by atoms with Gasteiger partial charge in [-0.1, -0.05) is 13.8 Å². The van der Waals surface area contributed by atoms with E-state index < -0.39 is 24.0 Å². The molecule has 0 aromatic heterocycles. The van der Waals surface area contributed by atoms with Crippen molar-refractivity contribution in [3.05, 3.63) is 29.8 Å². The quantitative estimate of drug-likeness (QED) is 0.227. The molecule has 2 amide bonds. The average molecular weight is 516 g/mol. The number of piperazine rings is 1. The third kappa shape index (κ3) is 7.82. The number of hydrogen-bond donors (Lipinski definition) is 5. The van der Waals surface area contributed by atoms with Crippen molar-refractivity contribution in [1.82, 2.24) is 20.4 Å². The number of nitrogens with zero attached hydrogens (tertiary/aromatic N) is 3. The van der Waals surface area contributed by atoms with Crippen LogP contribution in [0.3, 0.4) is 0 Å². The monoisotopic (exact) mass is 515 g/mol. The fourth-order valence-corrected chi connectivity index (χ4v) is 5.00. The molecule has 11 heteroatoms. The van der Waals surface area contributed by atoms with Gasteiger partial charge < -0.3 is 36.2 Å². The van der Waals surface area contributed by atoms with Crippen LogP contribution in [0.1, 0.15) is 49.9 Å². The summed E-state index contributed by atoms with van der Waals surface area (Å²) in [5.41, 5.74) is 7.13. The first kappa shape index (κ1) is 28.2. The lowest BCUT2D eigenvalue weighted by Gasteiger charge is -2.34. The van der Waals surface area contributed by atoms with Crippen molar-refractivity contribution >= 4 is 29.4 Å². The average Bonchev–Trinajstić information content (AvgIpc) is 3.32. The van der Waals surface area contributed by atoms with Crippen molar-refractivity contribution in [2.45, 2.75) is 57.7 Å². The first-order chi connectivity index (χ1) is 17.5. The second-order valence-corrected chi connectivity index (χ2v) is 10.5. The molecule has 2 aliphatic rings. The largest absolute Gasteiger partial charge is 0.480 e. The van der Waals surface area contributed by atoms with E-state index in [0.29, 0.717) is 24.9 Å². The number of aliphatic carboxylic acids is 1. The Bertz CT molecular complexity index is 960. The second kappa shape index (κ2) is 12.8. The molecule has 11 nitrogen and oxygen atoms in total. The van der Waals surface area contributed by atoms with E-state index >= 15 is 0 Å². The van der Waals surface area contributed by atoms with E-state index in [1.807, 2.05) is 26.0 Å². The van der Waals surface area contributed by atoms with Gasteiger partial charge in [0.1, 0.15) is 12.1 Å². The van der Waals surface area contributed by atoms with Crippen molar-refractivity contribution in [1.29, 1.82) is 5.41 Å². The molecule has 0 bridgehead atoms. The van der Waals surface area contributed by atoms with E-state index in [0.717, 1.165) is 38.3 Å². The standard InChI is InChI=1S/C26H41N7O4/c1-17(2)15-21(24(35)30-22(25(36)37)16-20-5-4-10-33(20)26(27)28)29-23(34)18-6-8-19(9-7-18)32-13-11-31(3)12-14-32/h6-9,17,20-22H,4-5,10-16H2,1-3H3,(H3,27,28)(H,29,34)(H,30,35)(H,36,37)/t20?,21-,22-/m0/s1. The highest BCUT2D eigenvalue weighted by Gasteiger charge is 2.33. The molecule has 2 fully saturated rings. The van der Waals surface area contributed by atoms with Gasteiger partial charge in [0.25, 0.3) is 5.91 Å². The van der Waals surface area contributed by atoms with Gasteiger partial charge in [0.2, 0.25) is 5.91 Å². The summed E-state index contributed by atoms with van der Waals surface area (Å²) in [6, 6.07) is 5.09. The third-order valence-electron chi connectivity index (χ3n) is 7.14. The van der Waals surface area contributed by atoms with Gasteiger partial charge in [-0.25, -0.2) is 4.79 Å². The van der Waals surface area contributed by atoms with Crippen molar-refractivity contribution in [2.24, 2.45) is 11.7 Å². The topological polar surface area (TPSA) is 155 Å². The zero-order valence-corrected chi connectivity index (χ0v) is 22.1. The zero-order valence-electron chi connectivity index (χ0n) is 22.1. The maximum absolute atomic E-state index is 13.2. The maximum atomic E-state index is 13.2.